The Hall–Kier alpha value is -1.26. The van der Waals surface area contributed by atoms with Crippen molar-refractivity contribution >= 4 is 17.5 Å². The van der Waals surface area contributed by atoms with E-state index in [9.17, 15) is 4.79 Å². The Balaban J connectivity index is 2.27. The Bertz CT molecular complexity index is 411. The van der Waals surface area contributed by atoms with Gasteiger partial charge in [0.2, 0.25) is 5.91 Å². The lowest BCUT2D eigenvalue weighted by atomic mass is 10.1. The van der Waals surface area contributed by atoms with E-state index >= 15 is 0 Å². The first-order valence-corrected chi connectivity index (χ1v) is 6.69. The summed E-state index contributed by atoms with van der Waals surface area (Å²) in [4.78, 5) is 11.6. The molecule has 106 valence electrons. The van der Waals surface area contributed by atoms with Crippen molar-refractivity contribution in [2.45, 2.75) is 26.3 Å². The van der Waals surface area contributed by atoms with Crippen molar-refractivity contribution in [2.75, 3.05) is 13.2 Å². The highest BCUT2D eigenvalue weighted by Gasteiger charge is 2.13. The molecule has 1 aromatic carbocycles. The van der Waals surface area contributed by atoms with Crippen molar-refractivity contribution in [3.63, 3.8) is 0 Å². The highest BCUT2D eigenvalue weighted by Crippen LogP contribution is 2.17. The second kappa shape index (κ2) is 8.02. The Morgan fingerprint density at radius 3 is 2.84 bits per heavy atom. The average Bonchev–Trinajstić information content (AvgIpc) is 2.37. The van der Waals surface area contributed by atoms with Crippen LogP contribution in [0.1, 0.15) is 20.3 Å². The van der Waals surface area contributed by atoms with Gasteiger partial charge in [-0.15, -0.1) is 0 Å². The van der Waals surface area contributed by atoms with Gasteiger partial charge in [0.1, 0.15) is 5.75 Å². The molecule has 0 aromatic heterocycles. The summed E-state index contributed by atoms with van der Waals surface area (Å²) in [5, 5.41) is 12.4. The Morgan fingerprint density at radius 1 is 1.47 bits per heavy atom. The molecule has 2 unspecified atom stereocenters. The van der Waals surface area contributed by atoms with Crippen molar-refractivity contribution < 1.29 is 14.6 Å². The van der Waals surface area contributed by atoms with Gasteiger partial charge in [0.25, 0.3) is 0 Å². The van der Waals surface area contributed by atoms with E-state index in [0.717, 1.165) is 0 Å². The quantitative estimate of drug-likeness (QED) is 0.808. The molecule has 0 aliphatic carbocycles. The van der Waals surface area contributed by atoms with E-state index in [1.807, 2.05) is 13.8 Å². The Kier molecular flexibility index (Phi) is 6.67. The van der Waals surface area contributed by atoms with Crippen LogP contribution in [0.2, 0.25) is 5.02 Å². The fraction of sp³-hybridized carbons (Fsp3) is 0.500. The van der Waals surface area contributed by atoms with Gasteiger partial charge in [-0.05, 0) is 31.0 Å². The number of amides is 1. The minimum Gasteiger partial charge on any atom is -0.493 e. The summed E-state index contributed by atoms with van der Waals surface area (Å²) in [7, 11) is 0. The molecule has 5 heteroatoms. The number of ether oxygens (including phenoxy) is 1. The van der Waals surface area contributed by atoms with Crippen LogP contribution in [0.5, 0.6) is 5.75 Å². The highest BCUT2D eigenvalue weighted by atomic mass is 35.5. The zero-order valence-corrected chi connectivity index (χ0v) is 12.0. The molecule has 19 heavy (non-hydrogen) atoms. The van der Waals surface area contributed by atoms with Crippen LogP contribution < -0.4 is 10.1 Å². The maximum absolute atomic E-state index is 11.6. The molecule has 0 aliphatic heterocycles. The summed E-state index contributed by atoms with van der Waals surface area (Å²) >= 11 is 5.82. The first-order valence-electron chi connectivity index (χ1n) is 6.31. The third-order valence-electron chi connectivity index (χ3n) is 2.92. The zero-order chi connectivity index (χ0) is 14.3. The van der Waals surface area contributed by atoms with Crippen LogP contribution in [-0.4, -0.2) is 30.3 Å². The number of rotatable bonds is 7. The van der Waals surface area contributed by atoms with Crippen molar-refractivity contribution in [3.05, 3.63) is 29.3 Å². The number of nitrogens with one attached hydrogen (secondary N) is 1. The van der Waals surface area contributed by atoms with E-state index in [-0.39, 0.29) is 30.9 Å². The second-order valence-corrected chi connectivity index (χ2v) is 5.01. The van der Waals surface area contributed by atoms with Gasteiger partial charge in [-0.25, -0.2) is 0 Å². The third kappa shape index (κ3) is 5.94. The molecule has 0 fully saturated rings. The average molecular weight is 286 g/mol. The maximum atomic E-state index is 11.6. The Morgan fingerprint density at radius 2 is 2.21 bits per heavy atom. The van der Waals surface area contributed by atoms with Crippen molar-refractivity contribution in [2.24, 2.45) is 5.92 Å². The number of hydrogen-bond acceptors (Lipinski definition) is 3. The second-order valence-electron chi connectivity index (χ2n) is 4.57. The molecule has 1 aromatic rings. The lowest BCUT2D eigenvalue weighted by molar-refractivity contribution is -0.122. The van der Waals surface area contributed by atoms with Gasteiger partial charge in [0, 0.05) is 17.7 Å². The molecule has 0 saturated carbocycles. The van der Waals surface area contributed by atoms with Crippen LogP contribution in [0.4, 0.5) is 0 Å². The summed E-state index contributed by atoms with van der Waals surface area (Å²) in [6.45, 7) is 4.11. The molecule has 2 N–H and O–H groups in total. The smallest absolute Gasteiger partial charge is 0.223 e. The Labute approximate surface area is 118 Å². The van der Waals surface area contributed by atoms with E-state index in [1.54, 1.807) is 24.3 Å². The van der Waals surface area contributed by atoms with Crippen LogP contribution >= 0.6 is 11.6 Å². The molecule has 0 bridgehead atoms. The highest BCUT2D eigenvalue weighted by molar-refractivity contribution is 6.30. The molecule has 0 heterocycles. The maximum Gasteiger partial charge on any atom is 0.223 e. The summed E-state index contributed by atoms with van der Waals surface area (Å²) < 4.78 is 5.43. The fourth-order valence-electron chi connectivity index (χ4n) is 1.44. The topological polar surface area (TPSA) is 58.6 Å². The van der Waals surface area contributed by atoms with E-state index in [1.165, 1.54) is 0 Å². The van der Waals surface area contributed by atoms with E-state index in [2.05, 4.69) is 5.32 Å². The predicted octanol–water partition coefficient (Wildman–Crippen LogP) is 2.24. The fourth-order valence-corrected chi connectivity index (χ4v) is 1.63. The van der Waals surface area contributed by atoms with Crippen LogP contribution in [0.25, 0.3) is 0 Å². The first kappa shape index (κ1) is 15.8. The van der Waals surface area contributed by atoms with Gasteiger partial charge in [-0.3, -0.25) is 4.79 Å². The molecule has 0 saturated heterocycles. The molecule has 1 rings (SSSR count). The first-order chi connectivity index (χ1) is 9.02. The predicted molar refractivity (Wildman–Crippen MR) is 75.4 cm³/mol. The van der Waals surface area contributed by atoms with E-state index in [0.29, 0.717) is 17.4 Å². The number of hydrogen-bond donors (Lipinski definition) is 2. The van der Waals surface area contributed by atoms with Crippen molar-refractivity contribution in [1.29, 1.82) is 0 Å². The third-order valence-corrected chi connectivity index (χ3v) is 3.16. The van der Waals surface area contributed by atoms with Crippen LogP contribution in [0, 0.1) is 5.92 Å². The molecular weight excluding hydrogens is 266 g/mol. The lowest BCUT2D eigenvalue weighted by Crippen LogP contribution is -2.38. The number of carbonyl (C=O) groups excluding carboxylic acids is 1. The minimum absolute atomic E-state index is 0.0396. The van der Waals surface area contributed by atoms with Gasteiger partial charge in [0.15, 0.2) is 0 Å². The lowest BCUT2D eigenvalue weighted by Gasteiger charge is -2.19. The minimum atomic E-state index is -0.0881. The zero-order valence-electron chi connectivity index (χ0n) is 11.2. The largest absolute Gasteiger partial charge is 0.493 e. The monoisotopic (exact) mass is 285 g/mol. The molecule has 0 aliphatic rings. The molecule has 2 atom stereocenters. The molecule has 1 amide bonds. The molecule has 0 radical (unpaired) electrons. The summed E-state index contributed by atoms with van der Waals surface area (Å²) in [6, 6.07) is 7.00. The molecular formula is C14H20ClNO3. The van der Waals surface area contributed by atoms with Gasteiger partial charge >= 0.3 is 0 Å². The number of aliphatic hydroxyl groups is 1. The normalized spacial score (nSPS) is 13.7. The van der Waals surface area contributed by atoms with Crippen LogP contribution in [0.3, 0.4) is 0 Å². The van der Waals surface area contributed by atoms with Gasteiger partial charge < -0.3 is 15.2 Å². The summed E-state index contributed by atoms with van der Waals surface area (Å²) in [5.74, 6) is 0.602. The van der Waals surface area contributed by atoms with Crippen LogP contribution in [0.15, 0.2) is 24.3 Å². The van der Waals surface area contributed by atoms with Crippen LogP contribution in [-0.2, 0) is 4.79 Å². The van der Waals surface area contributed by atoms with Gasteiger partial charge in [-0.2, -0.15) is 0 Å². The van der Waals surface area contributed by atoms with Crippen molar-refractivity contribution in [1.82, 2.24) is 5.32 Å². The number of benzene rings is 1. The van der Waals surface area contributed by atoms with Gasteiger partial charge in [-0.1, -0.05) is 24.6 Å². The number of halogens is 1. The number of aliphatic hydroxyl groups excluding tert-OH is 1. The number of carbonyl (C=O) groups is 1. The SMILES string of the molecule is CC(CO)C(C)NC(=O)CCOc1cccc(Cl)c1. The molecule has 0 spiro atoms. The van der Waals surface area contributed by atoms with E-state index in [4.69, 9.17) is 21.4 Å². The summed E-state index contributed by atoms with van der Waals surface area (Å²) in [6.07, 6.45) is 0.273. The van der Waals surface area contributed by atoms with E-state index < -0.39 is 0 Å². The standard InChI is InChI=1S/C14H20ClNO3/c1-10(9-17)11(2)16-14(18)6-7-19-13-5-3-4-12(15)8-13/h3-5,8,10-11,17H,6-7,9H2,1-2H3,(H,16,18). The van der Waals surface area contributed by atoms with Gasteiger partial charge in [0.05, 0.1) is 13.0 Å². The molecule has 4 nitrogen and oxygen atoms in total. The summed E-state index contributed by atoms with van der Waals surface area (Å²) in [5.41, 5.74) is 0. The van der Waals surface area contributed by atoms with Crippen molar-refractivity contribution in [3.8, 4) is 5.75 Å².